The quantitative estimate of drug-likeness (QED) is 0.452. The highest BCUT2D eigenvalue weighted by atomic mass is 16.5. The summed E-state index contributed by atoms with van der Waals surface area (Å²) < 4.78 is 5.70. The molecular weight excluding hydrogens is 406 g/mol. The molecule has 164 valence electrons. The van der Waals surface area contributed by atoms with Crippen molar-refractivity contribution in [1.82, 2.24) is 10.9 Å². The van der Waals surface area contributed by atoms with Gasteiger partial charge in [-0.15, -0.1) is 0 Å². The van der Waals surface area contributed by atoms with Gasteiger partial charge in [-0.05, 0) is 42.0 Å². The van der Waals surface area contributed by atoms with E-state index in [4.69, 9.17) is 4.74 Å². The van der Waals surface area contributed by atoms with E-state index in [-0.39, 0.29) is 18.7 Å². The molecule has 3 rings (SSSR count). The Balaban J connectivity index is 1.35. The zero-order valence-electron chi connectivity index (χ0n) is 17.5. The lowest BCUT2D eigenvalue weighted by atomic mass is 10.2. The highest BCUT2D eigenvalue weighted by Gasteiger charge is 2.10. The first-order valence-corrected chi connectivity index (χ1v) is 10.3. The van der Waals surface area contributed by atoms with Crippen molar-refractivity contribution in [2.75, 3.05) is 11.9 Å². The Bertz CT molecular complexity index is 1020. The second-order valence-electron chi connectivity index (χ2n) is 7.02. The molecule has 3 aromatic rings. The molecule has 0 fully saturated rings. The molecule has 7 nitrogen and oxygen atoms in total. The normalized spacial score (nSPS) is 10.1. The van der Waals surface area contributed by atoms with Crippen LogP contribution in [0.15, 0.2) is 84.9 Å². The lowest BCUT2D eigenvalue weighted by Crippen LogP contribution is -2.41. The molecule has 0 radical (unpaired) electrons. The van der Waals surface area contributed by atoms with Crippen molar-refractivity contribution in [2.45, 2.75) is 19.3 Å². The molecule has 0 aromatic heterocycles. The number of hydrazine groups is 1. The molecule has 3 N–H and O–H groups in total. The lowest BCUT2D eigenvalue weighted by Gasteiger charge is -2.09. The third-order valence-electron chi connectivity index (χ3n) is 4.57. The summed E-state index contributed by atoms with van der Waals surface area (Å²) in [6.45, 7) is 0.531. The first-order chi connectivity index (χ1) is 15.6. The van der Waals surface area contributed by atoms with Crippen LogP contribution in [0.3, 0.4) is 0 Å². The van der Waals surface area contributed by atoms with Crippen LogP contribution in [0.5, 0.6) is 5.75 Å². The zero-order chi connectivity index (χ0) is 22.6. The van der Waals surface area contributed by atoms with Crippen LogP contribution >= 0.6 is 0 Å². The van der Waals surface area contributed by atoms with Gasteiger partial charge in [-0.1, -0.05) is 48.5 Å². The Hall–Kier alpha value is -4.13. The van der Waals surface area contributed by atoms with Gasteiger partial charge in [0, 0.05) is 30.5 Å². The summed E-state index contributed by atoms with van der Waals surface area (Å²) >= 11 is 0. The molecule has 0 heterocycles. The number of amides is 3. The summed E-state index contributed by atoms with van der Waals surface area (Å²) in [6.07, 6.45) is 0.747. The van der Waals surface area contributed by atoms with Crippen molar-refractivity contribution in [3.05, 3.63) is 96.1 Å². The Morgan fingerprint density at radius 2 is 1.31 bits per heavy atom. The van der Waals surface area contributed by atoms with Gasteiger partial charge in [0.2, 0.25) is 11.8 Å². The first kappa shape index (κ1) is 22.6. The molecule has 0 aliphatic carbocycles. The fourth-order valence-corrected chi connectivity index (χ4v) is 2.87. The molecule has 3 amide bonds. The minimum absolute atomic E-state index is 0.00557. The van der Waals surface area contributed by atoms with E-state index in [1.165, 1.54) is 5.56 Å². The van der Waals surface area contributed by atoms with Crippen molar-refractivity contribution >= 4 is 23.4 Å². The van der Waals surface area contributed by atoms with E-state index in [2.05, 4.69) is 16.2 Å². The monoisotopic (exact) mass is 431 g/mol. The molecule has 0 aliphatic rings. The molecule has 7 heteroatoms. The maximum Gasteiger partial charge on any atom is 0.269 e. The number of carbonyl (C=O) groups is 3. The molecule has 0 aliphatic heterocycles. The topological polar surface area (TPSA) is 96.5 Å². The first-order valence-electron chi connectivity index (χ1n) is 10.3. The predicted molar refractivity (Wildman–Crippen MR) is 122 cm³/mol. The van der Waals surface area contributed by atoms with Gasteiger partial charge >= 0.3 is 0 Å². The van der Waals surface area contributed by atoms with E-state index in [9.17, 15) is 14.4 Å². The summed E-state index contributed by atoms with van der Waals surface area (Å²) in [7, 11) is 0. The van der Waals surface area contributed by atoms with Gasteiger partial charge in [-0.25, -0.2) is 0 Å². The summed E-state index contributed by atoms with van der Waals surface area (Å²) in [6, 6.07) is 25.7. The number of ether oxygens (including phenoxy) is 1. The summed E-state index contributed by atoms with van der Waals surface area (Å²) in [4.78, 5) is 36.0. The van der Waals surface area contributed by atoms with Gasteiger partial charge in [0.25, 0.3) is 5.91 Å². The third kappa shape index (κ3) is 7.60. The number of benzene rings is 3. The fourth-order valence-electron chi connectivity index (χ4n) is 2.87. The highest BCUT2D eigenvalue weighted by molar-refractivity contribution is 5.96. The molecule has 0 bridgehead atoms. The van der Waals surface area contributed by atoms with E-state index in [1.807, 2.05) is 36.4 Å². The standard InChI is InChI=1S/C25H25N3O4/c29-23(26-21-9-5-2-6-10-21)15-16-24(30)27-28-25(31)20-11-13-22(14-12-20)32-18-17-19-7-3-1-4-8-19/h1-14H,15-18H2,(H,26,29)(H,27,30)(H,28,31). The van der Waals surface area contributed by atoms with Crippen LogP contribution in [0.2, 0.25) is 0 Å². The molecular formula is C25H25N3O4. The SMILES string of the molecule is O=C(CCC(=O)Nc1ccccc1)NNC(=O)c1ccc(OCCc2ccccc2)cc1. The highest BCUT2D eigenvalue weighted by Crippen LogP contribution is 2.13. The van der Waals surface area contributed by atoms with Crippen LogP contribution in [0.25, 0.3) is 0 Å². The van der Waals surface area contributed by atoms with Gasteiger partial charge in [-0.2, -0.15) is 0 Å². The molecule has 3 aromatic carbocycles. The number of para-hydroxylation sites is 1. The average Bonchev–Trinajstić information content (AvgIpc) is 2.83. The summed E-state index contributed by atoms with van der Waals surface area (Å²) in [5.41, 5.74) is 6.90. The van der Waals surface area contributed by atoms with Crippen molar-refractivity contribution < 1.29 is 19.1 Å². The van der Waals surface area contributed by atoms with E-state index in [1.54, 1.807) is 48.5 Å². The van der Waals surface area contributed by atoms with Crippen LogP contribution in [-0.4, -0.2) is 24.3 Å². The number of anilines is 1. The molecule has 0 saturated heterocycles. The maximum absolute atomic E-state index is 12.2. The van der Waals surface area contributed by atoms with E-state index in [0.717, 1.165) is 6.42 Å². The van der Waals surface area contributed by atoms with Crippen LogP contribution in [0.4, 0.5) is 5.69 Å². The van der Waals surface area contributed by atoms with E-state index < -0.39 is 11.8 Å². The number of nitrogens with one attached hydrogen (secondary N) is 3. The third-order valence-corrected chi connectivity index (χ3v) is 4.57. The number of rotatable bonds is 9. The average molecular weight is 431 g/mol. The predicted octanol–water partition coefficient (Wildman–Crippen LogP) is 3.49. The Morgan fingerprint density at radius 3 is 2.00 bits per heavy atom. The minimum Gasteiger partial charge on any atom is -0.493 e. The van der Waals surface area contributed by atoms with E-state index in [0.29, 0.717) is 23.6 Å². The molecule has 0 spiro atoms. The zero-order valence-corrected chi connectivity index (χ0v) is 17.5. The van der Waals surface area contributed by atoms with Crippen LogP contribution in [-0.2, 0) is 16.0 Å². The van der Waals surface area contributed by atoms with Gasteiger partial charge in [0.05, 0.1) is 6.61 Å². The van der Waals surface area contributed by atoms with E-state index >= 15 is 0 Å². The molecule has 0 saturated carbocycles. The Labute approximate surface area is 186 Å². The Kier molecular flexibility index (Phi) is 8.39. The van der Waals surface area contributed by atoms with Gasteiger partial charge < -0.3 is 10.1 Å². The largest absolute Gasteiger partial charge is 0.493 e. The maximum atomic E-state index is 12.2. The second-order valence-corrected chi connectivity index (χ2v) is 7.02. The number of hydrogen-bond acceptors (Lipinski definition) is 4. The van der Waals surface area contributed by atoms with Gasteiger partial charge in [-0.3, -0.25) is 25.2 Å². The van der Waals surface area contributed by atoms with Crippen molar-refractivity contribution in [3.8, 4) is 5.75 Å². The second kappa shape index (κ2) is 11.9. The van der Waals surface area contributed by atoms with Crippen molar-refractivity contribution in [1.29, 1.82) is 0 Å². The fraction of sp³-hybridized carbons (Fsp3) is 0.160. The van der Waals surface area contributed by atoms with Crippen molar-refractivity contribution in [2.24, 2.45) is 0 Å². The lowest BCUT2D eigenvalue weighted by molar-refractivity contribution is -0.124. The Morgan fingerprint density at radius 1 is 0.688 bits per heavy atom. The number of carbonyl (C=O) groups excluding carboxylic acids is 3. The van der Waals surface area contributed by atoms with Crippen LogP contribution in [0.1, 0.15) is 28.8 Å². The molecule has 0 unspecified atom stereocenters. The number of hydrogen-bond donors (Lipinski definition) is 3. The smallest absolute Gasteiger partial charge is 0.269 e. The van der Waals surface area contributed by atoms with Gasteiger partial charge in [0.15, 0.2) is 0 Å². The molecule has 32 heavy (non-hydrogen) atoms. The van der Waals surface area contributed by atoms with Crippen LogP contribution in [0, 0.1) is 0 Å². The van der Waals surface area contributed by atoms with Crippen LogP contribution < -0.4 is 20.9 Å². The summed E-state index contributed by atoms with van der Waals surface area (Å²) in [5, 5.41) is 2.70. The minimum atomic E-state index is -0.456. The summed E-state index contributed by atoms with van der Waals surface area (Å²) in [5.74, 6) is -0.531. The van der Waals surface area contributed by atoms with Crippen molar-refractivity contribution in [3.63, 3.8) is 0 Å². The van der Waals surface area contributed by atoms with Gasteiger partial charge in [0.1, 0.15) is 5.75 Å². The molecule has 0 atom stereocenters.